The summed E-state index contributed by atoms with van der Waals surface area (Å²) in [7, 11) is -2.25. The maximum absolute atomic E-state index is 13.0. The molecule has 0 aliphatic carbocycles. The van der Waals surface area contributed by atoms with Crippen molar-refractivity contribution >= 4 is 38.8 Å². The fraction of sp³-hybridized carbons (Fsp3) is 0.292. The molecule has 3 aromatic rings. The number of carbonyl (C=O) groups excluding carboxylic acids is 2. The number of hydrogen-bond acceptors (Lipinski definition) is 5. The summed E-state index contributed by atoms with van der Waals surface area (Å²) in [5.74, 6) is -0.907. The first-order valence-electron chi connectivity index (χ1n) is 11.1. The quantitative estimate of drug-likeness (QED) is 0.497. The number of sulfonamides is 1. The van der Waals surface area contributed by atoms with Gasteiger partial charge < -0.3 is 19.8 Å². The monoisotopic (exact) mass is 494 g/mol. The van der Waals surface area contributed by atoms with E-state index in [1.165, 1.54) is 27.2 Å². The lowest BCUT2D eigenvalue weighted by molar-refractivity contribution is -0.127. The third-order valence-electron chi connectivity index (χ3n) is 6.11. The summed E-state index contributed by atoms with van der Waals surface area (Å²) in [6.07, 6.45) is 6.93. The molecule has 1 aliphatic heterocycles. The Labute approximate surface area is 203 Å². The number of para-hydroxylation sites is 1. The van der Waals surface area contributed by atoms with Gasteiger partial charge in [-0.05, 0) is 18.2 Å². The largest absolute Gasteiger partial charge is 0.364 e. The van der Waals surface area contributed by atoms with E-state index in [4.69, 9.17) is 11.0 Å². The van der Waals surface area contributed by atoms with Crippen molar-refractivity contribution in [2.24, 2.45) is 12.8 Å². The first-order valence-corrected chi connectivity index (χ1v) is 12.5. The van der Waals surface area contributed by atoms with Crippen molar-refractivity contribution in [3.05, 3.63) is 60.1 Å². The van der Waals surface area contributed by atoms with E-state index in [0.29, 0.717) is 13.0 Å². The number of amides is 2. The maximum Gasteiger partial charge on any atom is 0.265 e. The summed E-state index contributed by atoms with van der Waals surface area (Å²) in [6, 6.07) is 11.2. The second-order valence-corrected chi connectivity index (χ2v) is 10.2. The summed E-state index contributed by atoms with van der Waals surface area (Å²) in [6.45, 7) is 1.37. The van der Waals surface area contributed by atoms with Gasteiger partial charge in [-0.25, -0.2) is 8.42 Å². The highest BCUT2D eigenvalue weighted by Crippen LogP contribution is 2.23. The number of benzene rings is 1. The van der Waals surface area contributed by atoms with Gasteiger partial charge in [0.05, 0.1) is 12.5 Å². The van der Waals surface area contributed by atoms with E-state index in [1.54, 1.807) is 18.0 Å². The van der Waals surface area contributed by atoms with Crippen molar-refractivity contribution in [1.82, 2.24) is 18.3 Å². The zero-order chi connectivity index (χ0) is 25.2. The van der Waals surface area contributed by atoms with Gasteiger partial charge in [-0.15, -0.1) is 0 Å². The van der Waals surface area contributed by atoms with Crippen molar-refractivity contribution in [1.29, 1.82) is 5.26 Å². The molecule has 2 amide bonds. The highest BCUT2D eigenvalue weighted by molar-refractivity contribution is 7.89. The molecule has 1 fully saturated rings. The van der Waals surface area contributed by atoms with E-state index in [2.05, 4.69) is 6.07 Å². The van der Waals surface area contributed by atoms with Crippen LogP contribution < -0.4 is 5.73 Å². The van der Waals surface area contributed by atoms with Crippen molar-refractivity contribution in [3.8, 4) is 6.07 Å². The Bertz CT molecular complexity index is 1450. The average Bonchev–Trinajstić information content (AvgIpc) is 3.42. The van der Waals surface area contributed by atoms with Crippen LogP contribution in [0.5, 0.6) is 0 Å². The predicted molar refractivity (Wildman–Crippen MR) is 130 cm³/mol. The summed E-state index contributed by atoms with van der Waals surface area (Å²) in [4.78, 5) is 25.9. The number of piperazine rings is 1. The molecule has 1 aromatic carbocycles. The van der Waals surface area contributed by atoms with Gasteiger partial charge in [-0.2, -0.15) is 9.57 Å². The van der Waals surface area contributed by atoms with E-state index < -0.39 is 15.9 Å². The molecule has 182 valence electrons. The first kappa shape index (κ1) is 24.3. The molecule has 2 N–H and O–H groups in total. The Balaban J connectivity index is 1.43. The zero-order valence-corrected chi connectivity index (χ0v) is 20.1. The molecule has 0 bridgehead atoms. The minimum Gasteiger partial charge on any atom is -0.364 e. The number of hydrogen-bond donors (Lipinski definition) is 1. The minimum absolute atomic E-state index is 0.00117. The number of nitrogens with two attached hydrogens (primary N) is 1. The molecule has 3 heterocycles. The molecule has 1 aliphatic rings. The second-order valence-electron chi connectivity index (χ2n) is 8.30. The van der Waals surface area contributed by atoms with E-state index in [9.17, 15) is 18.0 Å². The van der Waals surface area contributed by atoms with E-state index >= 15 is 0 Å². The zero-order valence-electron chi connectivity index (χ0n) is 19.3. The molecule has 1 saturated heterocycles. The van der Waals surface area contributed by atoms with E-state index in [1.807, 2.05) is 35.0 Å². The number of carbonyl (C=O) groups is 2. The van der Waals surface area contributed by atoms with Gasteiger partial charge in [-0.1, -0.05) is 18.2 Å². The topological polar surface area (TPSA) is 134 Å². The Kier molecular flexibility index (Phi) is 6.77. The van der Waals surface area contributed by atoms with Crippen LogP contribution in [-0.4, -0.2) is 64.8 Å². The fourth-order valence-corrected chi connectivity index (χ4v) is 5.74. The second kappa shape index (κ2) is 9.77. The number of aryl methyl sites for hydroxylation is 2. The van der Waals surface area contributed by atoms with Crippen molar-refractivity contribution in [3.63, 3.8) is 0 Å². The number of primary amides is 1. The molecular formula is C24H26N6O4S. The Morgan fingerprint density at radius 1 is 1.14 bits per heavy atom. The molecule has 0 spiro atoms. The Morgan fingerprint density at radius 2 is 1.86 bits per heavy atom. The molecule has 0 unspecified atom stereocenters. The Morgan fingerprint density at radius 3 is 2.51 bits per heavy atom. The van der Waals surface area contributed by atoms with Gasteiger partial charge >= 0.3 is 0 Å². The van der Waals surface area contributed by atoms with Gasteiger partial charge in [-0.3, -0.25) is 9.59 Å². The third kappa shape index (κ3) is 4.84. The number of nitriles is 1. The molecule has 10 nitrogen and oxygen atoms in total. The molecule has 35 heavy (non-hydrogen) atoms. The van der Waals surface area contributed by atoms with Crippen LogP contribution >= 0.6 is 0 Å². The number of fused-ring (bicyclic) bond motifs is 1. The molecule has 11 heteroatoms. The minimum atomic E-state index is -3.81. The lowest BCUT2D eigenvalue weighted by Gasteiger charge is -2.33. The van der Waals surface area contributed by atoms with Crippen LogP contribution in [-0.2, 0) is 28.4 Å². The lowest BCUT2D eigenvalue weighted by Crippen LogP contribution is -2.50. The van der Waals surface area contributed by atoms with Crippen LogP contribution in [0, 0.1) is 11.3 Å². The highest BCUT2D eigenvalue weighted by atomic mass is 32.2. The maximum atomic E-state index is 13.0. The number of nitrogens with zero attached hydrogens (tertiary/aromatic N) is 5. The molecule has 2 aromatic heterocycles. The first-order chi connectivity index (χ1) is 16.7. The molecule has 0 atom stereocenters. The predicted octanol–water partition coefficient (Wildman–Crippen LogP) is 1.54. The van der Waals surface area contributed by atoms with E-state index in [0.717, 1.165) is 16.5 Å². The van der Waals surface area contributed by atoms with E-state index in [-0.39, 0.29) is 42.7 Å². The fourth-order valence-electron chi connectivity index (χ4n) is 4.25. The molecule has 0 saturated carbocycles. The third-order valence-corrected chi connectivity index (χ3v) is 7.97. The highest BCUT2D eigenvalue weighted by Gasteiger charge is 2.31. The van der Waals surface area contributed by atoms with Gasteiger partial charge in [0.1, 0.15) is 10.6 Å². The van der Waals surface area contributed by atoms with Crippen LogP contribution in [0.4, 0.5) is 0 Å². The number of aromatic nitrogens is 2. The smallest absolute Gasteiger partial charge is 0.265 e. The van der Waals surface area contributed by atoms with Gasteiger partial charge in [0, 0.05) is 74.7 Å². The van der Waals surface area contributed by atoms with Crippen LogP contribution in [0.15, 0.2) is 53.7 Å². The Hall–Kier alpha value is -3.88. The summed E-state index contributed by atoms with van der Waals surface area (Å²) in [5.41, 5.74) is 7.27. The van der Waals surface area contributed by atoms with Crippen LogP contribution in [0.2, 0.25) is 0 Å². The summed E-state index contributed by atoms with van der Waals surface area (Å²) in [5, 5.41) is 9.90. The molecule has 4 rings (SSSR count). The van der Waals surface area contributed by atoms with Crippen molar-refractivity contribution in [2.45, 2.75) is 17.9 Å². The van der Waals surface area contributed by atoms with Gasteiger partial charge in [0.15, 0.2) is 0 Å². The van der Waals surface area contributed by atoms with Gasteiger partial charge in [0.25, 0.3) is 5.91 Å². The average molecular weight is 495 g/mol. The molecular weight excluding hydrogens is 468 g/mol. The standard InChI is InChI=1S/C24H26N6O4S/c1-27-17-19(15-22(27)24(26)32)35(33,34)30-13-11-28(12-14-30)23(31)8-7-18-16-29(10-4-9-25)21-6-3-2-5-20(18)21/h2-3,5-8,15-17H,4,10-14H2,1H3,(H2,26,32)/b8-7+. The van der Waals surface area contributed by atoms with Crippen molar-refractivity contribution in [2.75, 3.05) is 26.2 Å². The molecule has 0 radical (unpaired) electrons. The SMILES string of the molecule is Cn1cc(S(=O)(=O)N2CCN(C(=O)/C=C/c3cn(CCC#N)c4ccccc34)CC2)cc1C(N)=O. The van der Waals surface area contributed by atoms with Crippen molar-refractivity contribution < 1.29 is 18.0 Å². The van der Waals surface area contributed by atoms with Gasteiger partial charge in [0.2, 0.25) is 15.9 Å². The van der Waals surface area contributed by atoms with Crippen LogP contribution in [0.25, 0.3) is 17.0 Å². The van der Waals surface area contributed by atoms with Crippen LogP contribution in [0.1, 0.15) is 22.5 Å². The summed E-state index contributed by atoms with van der Waals surface area (Å²) < 4.78 is 30.7. The number of rotatable bonds is 7. The lowest BCUT2D eigenvalue weighted by atomic mass is 10.1. The van der Waals surface area contributed by atoms with Crippen LogP contribution in [0.3, 0.4) is 0 Å². The summed E-state index contributed by atoms with van der Waals surface area (Å²) >= 11 is 0. The normalized spacial score (nSPS) is 15.0.